The zero-order valence-corrected chi connectivity index (χ0v) is 23.5. The fourth-order valence-corrected chi connectivity index (χ4v) is 5.91. The molecule has 0 bridgehead atoms. The van der Waals surface area contributed by atoms with Crippen LogP contribution in [0, 0.1) is 12.3 Å². The molecule has 4 N–H and O–H groups in total. The van der Waals surface area contributed by atoms with Crippen molar-refractivity contribution < 1.29 is 27.5 Å². The molecule has 5 rings (SSSR count). The first-order chi connectivity index (χ1) is 19.0. The molecule has 13 heteroatoms. The molecular weight excluding hydrogens is 539 g/mol. The number of aryl methyl sites for hydroxylation is 1. The maximum atomic E-state index is 13.3. The second kappa shape index (κ2) is 9.81. The van der Waals surface area contributed by atoms with E-state index in [0.717, 1.165) is 31.4 Å². The normalized spacial score (nSPS) is 20.9. The number of likely N-dealkylation sites (tertiary alicyclic amines) is 1. The lowest BCUT2D eigenvalue weighted by molar-refractivity contribution is -0.137. The number of amides is 2. The second-order valence-electron chi connectivity index (χ2n) is 12.3. The number of benzene rings is 1. The molecule has 220 valence electrons. The van der Waals surface area contributed by atoms with E-state index in [2.05, 4.69) is 10.2 Å². The number of aromatic nitrogens is 4. The maximum absolute atomic E-state index is 13.3. The number of rotatable bonds is 5. The van der Waals surface area contributed by atoms with Gasteiger partial charge in [-0.15, -0.1) is 0 Å². The maximum Gasteiger partial charge on any atom is 0.416 e. The minimum atomic E-state index is -4.45. The highest BCUT2D eigenvalue weighted by atomic mass is 19.4. The van der Waals surface area contributed by atoms with Gasteiger partial charge in [0.05, 0.1) is 24.3 Å². The third kappa shape index (κ3) is 5.75. The van der Waals surface area contributed by atoms with Gasteiger partial charge in [0.15, 0.2) is 0 Å². The Morgan fingerprint density at radius 1 is 1.17 bits per heavy atom. The molecule has 0 atom stereocenters. The van der Waals surface area contributed by atoms with Crippen LogP contribution in [0.4, 0.5) is 23.8 Å². The fraction of sp³-hybridized carbons (Fsp3) is 0.500. The molecule has 1 spiro atoms. The first-order valence-corrected chi connectivity index (χ1v) is 13.4. The highest BCUT2D eigenvalue weighted by Gasteiger charge is 2.51. The Morgan fingerprint density at radius 3 is 2.51 bits per heavy atom. The average molecular weight is 574 g/mol. The van der Waals surface area contributed by atoms with Crippen molar-refractivity contribution in [2.45, 2.75) is 71.3 Å². The summed E-state index contributed by atoms with van der Waals surface area (Å²) >= 11 is 0. The van der Waals surface area contributed by atoms with Crippen LogP contribution in [0.1, 0.15) is 73.1 Å². The van der Waals surface area contributed by atoms with E-state index < -0.39 is 23.2 Å². The summed E-state index contributed by atoms with van der Waals surface area (Å²) in [6.45, 7) is 8.39. The monoisotopic (exact) mass is 573 g/mol. The molecule has 1 aromatic carbocycles. The molecule has 0 unspecified atom stereocenters. The van der Waals surface area contributed by atoms with Crippen molar-refractivity contribution in [3.05, 3.63) is 52.8 Å². The van der Waals surface area contributed by atoms with Crippen molar-refractivity contribution >= 4 is 17.8 Å². The van der Waals surface area contributed by atoms with E-state index in [1.54, 1.807) is 28.8 Å². The van der Waals surface area contributed by atoms with Gasteiger partial charge in [-0.25, -0.2) is 9.48 Å². The van der Waals surface area contributed by atoms with Gasteiger partial charge in [-0.05, 0) is 70.1 Å². The summed E-state index contributed by atoms with van der Waals surface area (Å²) < 4.78 is 48.4. The van der Waals surface area contributed by atoms with Crippen molar-refractivity contribution in [3.8, 4) is 11.3 Å². The predicted octanol–water partition coefficient (Wildman–Crippen LogP) is 4.77. The van der Waals surface area contributed by atoms with E-state index >= 15 is 0 Å². The van der Waals surface area contributed by atoms with Crippen LogP contribution < -0.4 is 11.5 Å². The van der Waals surface area contributed by atoms with Crippen LogP contribution in [0.5, 0.6) is 0 Å². The quantitative estimate of drug-likeness (QED) is 0.452. The number of anilines is 1. The van der Waals surface area contributed by atoms with Gasteiger partial charge in [0, 0.05) is 24.8 Å². The molecule has 1 saturated carbocycles. The SMILES string of the molecule is Cc1cc(Cn2cc(-c3nn([C@H]4C[C@@]5(CCN(C(=O)OC(C)(C)C)C5)C4)c(N)c3C(N)=O)cn2)cc(C(F)(F)F)c1. The number of halogens is 3. The van der Waals surface area contributed by atoms with E-state index in [-0.39, 0.29) is 41.2 Å². The van der Waals surface area contributed by atoms with Crippen LogP contribution >= 0.6 is 0 Å². The molecule has 0 radical (unpaired) electrons. The number of ether oxygens (including phenoxy) is 1. The summed E-state index contributed by atoms with van der Waals surface area (Å²) in [5, 5.41) is 8.92. The van der Waals surface area contributed by atoms with Gasteiger partial charge in [0.2, 0.25) is 0 Å². The number of hydrogen-bond acceptors (Lipinski definition) is 6. The first kappa shape index (κ1) is 28.5. The van der Waals surface area contributed by atoms with Crippen LogP contribution in [0.15, 0.2) is 30.6 Å². The molecule has 2 amide bonds. The standard InChI is InChI=1S/C28H34F3N7O3/c1-16-7-17(9-19(8-16)28(29,30)31)13-37-14-18(12-34-37)22-21(24(33)39)23(32)38(35-22)20-10-27(11-20)5-6-36(15-27)25(40)41-26(2,3)4/h7-9,12,14,20H,5-6,10-11,13,15,32H2,1-4H3,(H2,33,39)/t20-,27-. The number of alkyl halides is 3. The third-order valence-corrected chi connectivity index (χ3v) is 7.68. The topological polar surface area (TPSA) is 134 Å². The van der Waals surface area contributed by atoms with Crippen LogP contribution in [-0.4, -0.2) is 55.2 Å². The zero-order chi connectivity index (χ0) is 29.9. The molecule has 3 aromatic rings. The largest absolute Gasteiger partial charge is 0.444 e. The number of primary amides is 1. The fourth-order valence-electron chi connectivity index (χ4n) is 5.91. The third-order valence-electron chi connectivity index (χ3n) is 7.68. The van der Waals surface area contributed by atoms with E-state index in [9.17, 15) is 22.8 Å². The Kier molecular flexibility index (Phi) is 6.82. The molecule has 1 aliphatic carbocycles. The van der Waals surface area contributed by atoms with Crippen molar-refractivity contribution in [1.82, 2.24) is 24.5 Å². The number of nitrogens with two attached hydrogens (primary N) is 2. The molecule has 2 aliphatic rings. The van der Waals surface area contributed by atoms with Gasteiger partial charge in [-0.1, -0.05) is 11.6 Å². The minimum Gasteiger partial charge on any atom is -0.444 e. The molecular formula is C28H34F3N7O3. The highest BCUT2D eigenvalue weighted by Crippen LogP contribution is 2.55. The van der Waals surface area contributed by atoms with Gasteiger partial charge < -0.3 is 21.1 Å². The molecule has 1 aliphatic heterocycles. The summed E-state index contributed by atoms with van der Waals surface area (Å²) in [4.78, 5) is 26.7. The van der Waals surface area contributed by atoms with Gasteiger partial charge >= 0.3 is 12.3 Å². The smallest absolute Gasteiger partial charge is 0.416 e. The van der Waals surface area contributed by atoms with E-state index in [4.69, 9.17) is 16.2 Å². The predicted molar refractivity (Wildman–Crippen MR) is 145 cm³/mol. The van der Waals surface area contributed by atoms with Gasteiger partial charge in [0.25, 0.3) is 5.91 Å². The van der Waals surface area contributed by atoms with Crippen molar-refractivity contribution in [2.24, 2.45) is 11.1 Å². The number of nitrogens with zero attached hydrogens (tertiary/aromatic N) is 5. The van der Waals surface area contributed by atoms with Gasteiger partial charge in [0.1, 0.15) is 22.7 Å². The number of carbonyl (C=O) groups is 2. The van der Waals surface area contributed by atoms with Crippen molar-refractivity contribution in [2.75, 3.05) is 18.8 Å². The number of nitrogen functional groups attached to an aromatic ring is 1. The molecule has 41 heavy (non-hydrogen) atoms. The summed E-state index contributed by atoms with van der Waals surface area (Å²) in [6.07, 6.45) is 0.591. The lowest BCUT2D eigenvalue weighted by Gasteiger charge is -2.45. The lowest BCUT2D eigenvalue weighted by atomic mass is 9.65. The summed E-state index contributed by atoms with van der Waals surface area (Å²) in [5.41, 5.74) is 12.4. The van der Waals surface area contributed by atoms with Crippen LogP contribution in [0.3, 0.4) is 0 Å². The summed E-state index contributed by atoms with van der Waals surface area (Å²) in [7, 11) is 0. The molecule has 2 fully saturated rings. The number of carbonyl (C=O) groups excluding carboxylic acids is 2. The van der Waals surface area contributed by atoms with E-state index in [1.807, 2.05) is 20.8 Å². The van der Waals surface area contributed by atoms with Crippen LogP contribution in [-0.2, 0) is 17.5 Å². The Morgan fingerprint density at radius 2 is 1.88 bits per heavy atom. The van der Waals surface area contributed by atoms with E-state index in [1.165, 1.54) is 10.9 Å². The lowest BCUT2D eigenvalue weighted by Crippen LogP contribution is -2.43. The molecule has 1 saturated heterocycles. The van der Waals surface area contributed by atoms with Crippen LogP contribution in [0.25, 0.3) is 11.3 Å². The zero-order valence-electron chi connectivity index (χ0n) is 23.5. The highest BCUT2D eigenvalue weighted by molar-refractivity contribution is 6.03. The molecule has 10 nitrogen and oxygen atoms in total. The Hall–Kier alpha value is -4.03. The summed E-state index contributed by atoms with van der Waals surface area (Å²) in [5.74, 6) is -0.591. The van der Waals surface area contributed by atoms with Crippen LogP contribution in [0.2, 0.25) is 0 Å². The second-order valence-corrected chi connectivity index (χ2v) is 12.3. The average Bonchev–Trinajstić information content (AvgIpc) is 3.53. The number of hydrogen-bond donors (Lipinski definition) is 2. The van der Waals surface area contributed by atoms with Crippen molar-refractivity contribution in [1.29, 1.82) is 0 Å². The van der Waals surface area contributed by atoms with Crippen molar-refractivity contribution in [3.63, 3.8) is 0 Å². The minimum absolute atomic E-state index is 0.0685. The summed E-state index contributed by atoms with van der Waals surface area (Å²) in [6, 6.07) is 3.77. The Labute approximate surface area is 235 Å². The van der Waals surface area contributed by atoms with Gasteiger partial charge in [-0.3, -0.25) is 9.48 Å². The molecule has 2 aromatic heterocycles. The first-order valence-electron chi connectivity index (χ1n) is 13.4. The Balaban J connectivity index is 1.33. The van der Waals surface area contributed by atoms with Gasteiger partial charge in [-0.2, -0.15) is 23.4 Å². The Bertz CT molecular complexity index is 1500. The van der Waals surface area contributed by atoms with E-state index in [0.29, 0.717) is 29.8 Å². The molecule has 3 heterocycles.